The van der Waals surface area contributed by atoms with Gasteiger partial charge >= 0.3 is 0 Å². The minimum Gasteiger partial charge on any atom is -0.360 e. The fraction of sp³-hybridized carbons (Fsp3) is 0.533. The molecule has 20 heavy (non-hydrogen) atoms. The van der Waals surface area contributed by atoms with Crippen LogP contribution < -0.4 is 15.5 Å². The Hall–Kier alpha value is -1.62. The lowest BCUT2D eigenvalue weighted by molar-refractivity contribution is -0.120. The van der Waals surface area contributed by atoms with Crippen LogP contribution >= 0.6 is 0 Å². The van der Waals surface area contributed by atoms with Gasteiger partial charge in [-0.15, -0.1) is 0 Å². The van der Waals surface area contributed by atoms with Gasteiger partial charge in [-0.1, -0.05) is 13.0 Å². The van der Waals surface area contributed by atoms with Crippen molar-refractivity contribution in [2.45, 2.75) is 26.3 Å². The SMILES string of the molecule is CCCNC(C)c1c(F)cccc1N1CCNC(=O)C1. The van der Waals surface area contributed by atoms with Gasteiger partial charge in [-0.25, -0.2) is 4.39 Å². The maximum atomic E-state index is 14.2. The number of piperazine rings is 1. The molecule has 0 spiro atoms. The van der Waals surface area contributed by atoms with Gasteiger partial charge in [-0.05, 0) is 32.0 Å². The zero-order valence-corrected chi connectivity index (χ0v) is 12.1. The molecule has 1 amide bonds. The quantitative estimate of drug-likeness (QED) is 0.864. The summed E-state index contributed by atoms with van der Waals surface area (Å²) in [5.74, 6) is -0.231. The van der Waals surface area contributed by atoms with E-state index in [4.69, 9.17) is 0 Å². The fourth-order valence-corrected chi connectivity index (χ4v) is 2.54. The molecule has 1 aromatic rings. The molecule has 0 radical (unpaired) electrons. The van der Waals surface area contributed by atoms with E-state index >= 15 is 0 Å². The lowest BCUT2D eigenvalue weighted by Crippen LogP contribution is -2.48. The first kappa shape index (κ1) is 14.8. The van der Waals surface area contributed by atoms with Crippen molar-refractivity contribution in [2.24, 2.45) is 0 Å². The molecule has 0 aromatic heterocycles. The number of nitrogens with zero attached hydrogens (tertiary/aromatic N) is 1. The molecule has 1 unspecified atom stereocenters. The van der Waals surface area contributed by atoms with E-state index < -0.39 is 0 Å². The Morgan fingerprint density at radius 1 is 1.50 bits per heavy atom. The minimum atomic E-state index is -0.218. The molecule has 1 atom stereocenters. The molecule has 1 aliphatic rings. The van der Waals surface area contributed by atoms with Gasteiger partial charge in [-0.3, -0.25) is 4.79 Å². The fourth-order valence-electron chi connectivity index (χ4n) is 2.54. The van der Waals surface area contributed by atoms with Crippen LogP contribution in [0.3, 0.4) is 0 Å². The Morgan fingerprint density at radius 3 is 3.00 bits per heavy atom. The average Bonchev–Trinajstić information content (AvgIpc) is 2.44. The standard InChI is InChI=1S/C15H22FN3O/c1-3-7-17-11(2)15-12(16)5-4-6-13(15)19-9-8-18-14(20)10-19/h4-6,11,17H,3,7-10H2,1-2H3,(H,18,20). The van der Waals surface area contributed by atoms with Gasteiger partial charge in [0.05, 0.1) is 6.54 Å². The van der Waals surface area contributed by atoms with Gasteiger partial charge in [0.1, 0.15) is 5.82 Å². The van der Waals surface area contributed by atoms with Gasteiger partial charge < -0.3 is 15.5 Å². The smallest absolute Gasteiger partial charge is 0.239 e. The molecule has 2 rings (SSSR count). The summed E-state index contributed by atoms with van der Waals surface area (Å²) in [5, 5.41) is 6.10. The Kier molecular flexibility index (Phi) is 4.95. The second-order valence-corrected chi connectivity index (χ2v) is 5.12. The monoisotopic (exact) mass is 279 g/mol. The predicted molar refractivity (Wildman–Crippen MR) is 78.3 cm³/mol. The number of nitrogens with one attached hydrogen (secondary N) is 2. The normalized spacial score (nSPS) is 16.9. The van der Waals surface area contributed by atoms with Crippen molar-refractivity contribution in [1.82, 2.24) is 10.6 Å². The van der Waals surface area contributed by atoms with Crippen LogP contribution in [0.4, 0.5) is 10.1 Å². The highest BCUT2D eigenvalue weighted by Crippen LogP contribution is 2.29. The number of anilines is 1. The molecule has 0 saturated carbocycles. The number of carbonyl (C=O) groups excluding carboxylic acids is 1. The Bertz CT molecular complexity index is 478. The van der Waals surface area contributed by atoms with Crippen molar-refractivity contribution >= 4 is 11.6 Å². The predicted octanol–water partition coefficient (Wildman–Crippen LogP) is 1.82. The van der Waals surface area contributed by atoms with Gasteiger partial charge in [0, 0.05) is 30.4 Å². The van der Waals surface area contributed by atoms with E-state index in [2.05, 4.69) is 17.6 Å². The van der Waals surface area contributed by atoms with Crippen LogP contribution in [0.1, 0.15) is 31.9 Å². The molecule has 1 aromatic carbocycles. The highest BCUT2D eigenvalue weighted by molar-refractivity contribution is 5.83. The minimum absolute atomic E-state index is 0.0133. The number of halogens is 1. The first-order valence-electron chi connectivity index (χ1n) is 7.17. The molecule has 1 saturated heterocycles. The van der Waals surface area contributed by atoms with Crippen LogP contribution in [0, 0.1) is 5.82 Å². The molecule has 2 N–H and O–H groups in total. The zero-order valence-electron chi connectivity index (χ0n) is 12.1. The summed E-state index contributed by atoms with van der Waals surface area (Å²) in [7, 11) is 0. The van der Waals surface area contributed by atoms with E-state index in [1.807, 2.05) is 17.9 Å². The van der Waals surface area contributed by atoms with E-state index in [9.17, 15) is 9.18 Å². The topological polar surface area (TPSA) is 44.4 Å². The van der Waals surface area contributed by atoms with Crippen molar-refractivity contribution in [3.8, 4) is 0 Å². The largest absolute Gasteiger partial charge is 0.360 e. The van der Waals surface area contributed by atoms with Crippen LogP contribution in [0.5, 0.6) is 0 Å². The number of hydrogen-bond donors (Lipinski definition) is 2. The molecule has 1 fully saturated rings. The van der Waals surface area contributed by atoms with E-state index in [1.165, 1.54) is 6.07 Å². The second-order valence-electron chi connectivity index (χ2n) is 5.12. The molecule has 4 nitrogen and oxygen atoms in total. The molecule has 5 heteroatoms. The number of benzene rings is 1. The average molecular weight is 279 g/mol. The van der Waals surface area contributed by atoms with E-state index in [1.54, 1.807) is 6.07 Å². The first-order valence-corrected chi connectivity index (χ1v) is 7.17. The van der Waals surface area contributed by atoms with Crippen LogP contribution in [-0.2, 0) is 4.79 Å². The van der Waals surface area contributed by atoms with Crippen molar-refractivity contribution in [2.75, 3.05) is 31.1 Å². The van der Waals surface area contributed by atoms with Crippen LogP contribution in [0.25, 0.3) is 0 Å². The van der Waals surface area contributed by atoms with Gasteiger partial charge in [0.2, 0.25) is 5.91 Å². The van der Waals surface area contributed by atoms with Crippen molar-refractivity contribution < 1.29 is 9.18 Å². The highest BCUT2D eigenvalue weighted by atomic mass is 19.1. The summed E-state index contributed by atoms with van der Waals surface area (Å²) in [4.78, 5) is 13.5. The van der Waals surface area contributed by atoms with Gasteiger partial charge in [0.15, 0.2) is 0 Å². The second kappa shape index (κ2) is 6.70. The van der Waals surface area contributed by atoms with Crippen molar-refractivity contribution in [1.29, 1.82) is 0 Å². The van der Waals surface area contributed by atoms with Gasteiger partial charge in [0.25, 0.3) is 0 Å². The number of carbonyl (C=O) groups is 1. The van der Waals surface area contributed by atoms with Gasteiger partial charge in [-0.2, -0.15) is 0 Å². The van der Waals surface area contributed by atoms with Crippen LogP contribution in [-0.4, -0.2) is 32.1 Å². The van der Waals surface area contributed by atoms with Crippen molar-refractivity contribution in [3.05, 3.63) is 29.6 Å². The maximum Gasteiger partial charge on any atom is 0.239 e. The third-order valence-corrected chi connectivity index (χ3v) is 3.54. The Balaban J connectivity index is 2.27. The zero-order chi connectivity index (χ0) is 14.5. The first-order chi connectivity index (χ1) is 9.63. The molecule has 110 valence electrons. The van der Waals surface area contributed by atoms with Crippen LogP contribution in [0.2, 0.25) is 0 Å². The third-order valence-electron chi connectivity index (χ3n) is 3.54. The summed E-state index contributed by atoms with van der Waals surface area (Å²) in [6, 6.07) is 5.00. The molecule has 1 heterocycles. The molecule has 0 aliphatic carbocycles. The molecular formula is C15H22FN3O. The lowest BCUT2D eigenvalue weighted by Gasteiger charge is -2.32. The third kappa shape index (κ3) is 3.28. The Morgan fingerprint density at radius 2 is 2.30 bits per heavy atom. The van der Waals surface area contributed by atoms with Crippen LogP contribution in [0.15, 0.2) is 18.2 Å². The number of amides is 1. The van der Waals surface area contributed by atoms with E-state index in [0.717, 1.165) is 18.7 Å². The highest BCUT2D eigenvalue weighted by Gasteiger charge is 2.23. The Labute approximate surface area is 119 Å². The maximum absolute atomic E-state index is 14.2. The summed E-state index contributed by atoms with van der Waals surface area (Å²) in [5.41, 5.74) is 1.46. The number of rotatable bonds is 5. The van der Waals surface area contributed by atoms with Crippen molar-refractivity contribution in [3.63, 3.8) is 0 Å². The molecule has 1 aliphatic heterocycles. The summed E-state index contributed by atoms with van der Waals surface area (Å²) in [6.45, 7) is 6.49. The number of hydrogen-bond acceptors (Lipinski definition) is 3. The lowest BCUT2D eigenvalue weighted by atomic mass is 10.0. The summed E-state index contributed by atoms with van der Waals surface area (Å²) < 4.78 is 14.2. The van der Waals surface area contributed by atoms with E-state index in [0.29, 0.717) is 18.7 Å². The van der Waals surface area contributed by atoms with E-state index in [-0.39, 0.29) is 24.3 Å². The summed E-state index contributed by atoms with van der Waals surface area (Å²) >= 11 is 0. The summed E-state index contributed by atoms with van der Waals surface area (Å²) in [6.07, 6.45) is 1.00. The molecule has 0 bridgehead atoms. The molecular weight excluding hydrogens is 257 g/mol.